The number of hydrogen-bond donors (Lipinski definition) is 0. The first-order valence-corrected chi connectivity index (χ1v) is 4.11. The minimum Gasteiger partial charge on any atom is -0.312 e. The van der Waals surface area contributed by atoms with Crippen LogP contribution in [0.4, 0.5) is 0 Å². The lowest BCUT2D eigenvalue weighted by molar-refractivity contribution is -0.109. The third kappa shape index (κ3) is 5.96. The lowest BCUT2D eigenvalue weighted by Gasteiger charge is -2.04. The number of carbonyl (C=O) groups is 1. The first kappa shape index (κ1) is 9.08. The van der Waals surface area contributed by atoms with E-state index in [9.17, 15) is 4.79 Å². The van der Waals surface area contributed by atoms with E-state index >= 15 is 0 Å². The second-order valence-corrected chi connectivity index (χ2v) is 3.42. The number of hydrogen-bond acceptors (Lipinski definition) is 2. The summed E-state index contributed by atoms with van der Waals surface area (Å²) in [6, 6.07) is 0. The van der Waals surface area contributed by atoms with Crippen LogP contribution in [-0.2, 0) is 4.79 Å². The highest BCUT2D eigenvalue weighted by Crippen LogP contribution is 2.11. The SMILES string of the molecule is [B]C(=O)CSC(C)CC. The van der Waals surface area contributed by atoms with Gasteiger partial charge < -0.3 is 4.79 Å². The number of thioether (sulfide) groups is 1. The van der Waals surface area contributed by atoms with E-state index in [4.69, 9.17) is 7.85 Å². The third-order valence-corrected chi connectivity index (χ3v) is 2.44. The Morgan fingerprint density at radius 3 is 2.67 bits per heavy atom. The van der Waals surface area contributed by atoms with Crippen LogP contribution in [0.3, 0.4) is 0 Å². The summed E-state index contributed by atoms with van der Waals surface area (Å²) in [4.78, 5) is 10.2. The summed E-state index contributed by atoms with van der Waals surface area (Å²) < 4.78 is 0. The third-order valence-electron chi connectivity index (χ3n) is 1.09. The average molecular weight is 142 g/mol. The number of rotatable bonds is 4. The minimum absolute atomic E-state index is 0.222. The monoisotopic (exact) mass is 142 g/mol. The fourth-order valence-electron chi connectivity index (χ4n) is 0.342. The van der Waals surface area contributed by atoms with Gasteiger partial charge in [-0.2, -0.15) is 11.8 Å². The molecule has 0 spiro atoms. The van der Waals surface area contributed by atoms with E-state index in [0.717, 1.165) is 6.42 Å². The smallest absolute Gasteiger partial charge is 0.169 e. The van der Waals surface area contributed by atoms with E-state index < -0.39 is 0 Å². The van der Waals surface area contributed by atoms with Crippen LogP contribution >= 0.6 is 11.8 Å². The standard InChI is InChI=1S/C6H11BOS/c1-3-5(2)9-4-6(7)8/h5H,3-4H2,1-2H3. The van der Waals surface area contributed by atoms with Gasteiger partial charge in [0.25, 0.3) is 0 Å². The van der Waals surface area contributed by atoms with Crippen molar-refractivity contribution in [2.75, 3.05) is 5.75 Å². The van der Waals surface area contributed by atoms with Crippen molar-refractivity contribution in [3.05, 3.63) is 0 Å². The Hall–Kier alpha value is 0.0849. The summed E-state index contributed by atoms with van der Waals surface area (Å²) in [6.45, 7) is 4.19. The van der Waals surface area contributed by atoms with Gasteiger partial charge in [0.1, 0.15) is 0 Å². The van der Waals surface area contributed by atoms with E-state index in [1.807, 2.05) is 0 Å². The molecule has 0 aliphatic carbocycles. The zero-order valence-corrected chi connectivity index (χ0v) is 6.70. The molecular weight excluding hydrogens is 131 g/mol. The molecule has 1 unspecified atom stereocenters. The maximum Gasteiger partial charge on any atom is 0.169 e. The molecule has 50 valence electrons. The van der Waals surface area contributed by atoms with Crippen molar-refractivity contribution in [2.24, 2.45) is 0 Å². The zero-order chi connectivity index (χ0) is 7.28. The van der Waals surface area contributed by atoms with Gasteiger partial charge in [0.15, 0.2) is 7.85 Å². The van der Waals surface area contributed by atoms with Crippen molar-refractivity contribution in [1.82, 2.24) is 0 Å². The van der Waals surface area contributed by atoms with E-state index in [-0.39, 0.29) is 5.68 Å². The second-order valence-electron chi connectivity index (χ2n) is 2.00. The van der Waals surface area contributed by atoms with Crippen molar-refractivity contribution in [3.8, 4) is 0 Å². The van der Waals surface area contributed by atoms with Crippen LogP contribution in [0.5, 0.6) is 0 Å². The Morgan fingerprint density at radius 2 is 2.33 bits per heavy atom. The molecule has 9 heavy (non-hydrogen) atoms. The van der Waals surface area contributed by atoms with Crippen molar-refractivity contribution < 1.29 is 4.79 Å². The van der Waals surface area contributed by atoms with Crippen LogP contribution in [-0.4, -0.2) is 24.5 Å². The zero-order valence-electron chi connectivity index (χ0n) is 5.89. The summed E-state index contributed by atoms with van der Waals surface area (Å²) >= 11 is 1.61. The fraction of sp³-hybridized carbons (Fsp3) is 0.833. The van der Waals surface area contributed by atoms with Gasteiger partial charge in [0.05, 0.1) is 5.68 Å². The molecule has 0 fully saturated rings. The van der Waals surface area contributed by atoms with Gasteiger partial charge in [-0.3, -0.25) is 0 Å². The molecule has 0 saturated carbocycles. The summed E-state index contributed by atoms with van der Waals surface area (Å²) in [5, 5.41) is 0.553. The molecule has 0 bridgehead atoms. The Morgan fingerprint density at radius 1 is 1.78 bits per heavy atom. The van der Waals surface area contributed by atoms with Gasteiger partial charge in [-0.15, -0.1) is 0 Å². The summed E-state index contributed by atoms with van der Waals surface area (Å²) in [5.41, 5.74) is -0.222. The maximum absolute atomic E-state index is 10.2. The van der Waals surface area contributed by atoms with E-state index in [1.165, 1.54) is 0 Å². The van der Waals surface area contributed by atoms with Gasteiger partial charge in [0.2, 0.25) is 0 Å². The quantitative estimate of drug-likeness (QED) is 0.549. The predicted octanol–water partition coefficient (Wildman–Crippen LogP) is 1.21. The van der Waals surface area contributed by atoms with Crippen molar-refractivity contribution in [1.29, 1.82) is 0 Å². The Kier molecular flexibility index (Phi) is 4.96. The molecule has 2 radical (unpaired) electrons. The fourth-order valence-corrected chi connectivity index (χ4v) is 1.03. The van der Waals surface area contributed by atoms with E-state index in [0.29, 0.717) is 11.0 Å². The molecule has 1 atom stereocenters. The van der Waals surface area contributed by atoms with Gasteiger partial charge in [-0.1, -0.05) is 13.8 Å². The van der Waals surface area contributed by atoms with Crippen LogP contribution in [0.25, 0.3) is 0 Å². The van der Waals surface area contributed by atoms with Gasteiger partial charge >= 0.3 is 0 Å². The Labute approximate surface area is 62.0 Å². The second kappa shape index (κ2) is 4.92. The largest absolute Gasteiger partial charge is 0.312 e. The molecule has 0 saturated heterocycles. The summed E-state index contributed by atoms with van der Waals surface area (Å²) in [7, 11) is 4.94. The van der Waals surface area contributed by atoms with Crippen molar-refractivity contribution in [2.45, 2.75) is 25.5 Å². The number of carbonyl (C=O) groups excluding carboxylic acids is 1. The molecule has 0 aromatic carbocycles. The van der Waals surface area contributed by atoms with Crippen LogP contribution in [0.1, 0.15) is 20.3 Å². The minimum atomic E-state index is -0.222. The van der Waals surface area contributed by atoms with Gasteiger partial charge in [-0.05, 0) is 6.42 Å². The van der Waals surface area contributed by atoms with Gasteiger partial charge in [0, 0.05) is 11.0 Å². The highest BCUT2D eigenvalue weighted by atomic mass is 32.2. The van der Waals surface area contributed by atoms with Crippen molar-refractivity contribution >= 4 is 25.3 Å². The lowest BCUT2D eigenvalue weighted by Crippen LogP contribution is -2.03. The van der Waals surface area contributed by atoms with Gasteiger partial charge in [-0.25, -0.2) is 0 Å². The average Bonchev–Trinajstić information content (AvgIpc) is 1.83. The van der Waals surface area contributed by atoms with E-state index in [2.05, 4.69) is 13.8 Å². The molecule has 0 N–H and O–H groups in total. The van der Waals surface area contributed by atoms with Crippen molar-refractivity contribution in [3.63, 3.8) is 0 Å². The molecule has 0 aromatic rings. The normalized spacial score (nSPS) is 13.1. The molecule has 3 heteroatoms. The molecule has 0 aromatic heterocycles. The van der Waals surface area contributed by atoms with Crippen LogP contribution < -0.4 is 0 Å². The first-order valence-electron chi connectivity index (χ1n) is 3.06. The molecule has 1 nitrogen and oxygen atoms in total. The first-order chi connectivity index (χ1) is 4.16. The van der Waals surface area contributed by atoms with Crippen LogP contribution in [0, 0.1) is 0 Å². The predicted molar refractivity (Wildman–Crippen MR) is 43.0 cm³/mol. The van der Waals surface area contributed by atoms with Crippen LogP contribution in [0.2, 0.25) is 0 Å². The highest BCUT2D eigenvalue weighted by Gasteiger charge is 1.99. The molecule has 0 rings (SSSR count). The summed E-state index contributed by atoms with van der Waals surface area (Å²) in [6.07, 6.45) is 1.10. The highest BCUT2D eigenvalue weighted by molar-refractivity contribution is 8.00. The summed E-state index contributed by atoms with van der Waals surface area (Å²) in [5.74, 6) is 0.453. The molecule has 0 aliphatic rings. The molecule has 0 amide bonds. The van der Waals surface area contributed by atoms with E-state index in [1.54, 1.807) is 11.8 Å². The molecule has 0 aliphatic heterocycles. The van der Waals surface area contributed by atoms with Crippen LogP contribution in [0.15, 0.2) is 0 Å². The molecular formula is C6H11BOS. The topological polar surface area (TPSA) is 17.1 Å². The molecule has 0 heterocycles. The maximum atomic E-state index is 10.2. The Bertz CT molecular complexity index is 95.1. The lowest BCUT2D eigenvalue weighted by atomic mass is 10.1. The Balaban J connectivity index is 3.16.